The highest BCUT2D eigenvalue weighted by atomic mass is 32.1. The summed E-state index contributed by atoms with van der Waals surface area (Å²) in [6.45, 7) is -0.276. The minimum absolute atomic E-state index is 0.104. The Kier molecular flexibility index (Phi) is 5.76. The number of carbonyl (C=O) groups excluding carboxylic acids is 2. The van der Waals surface area contributed by atoms with Gasteiger partial charge in [-0.15, -0.1) is 11.3 Å². The third-order valence-corrected chi connectivity index (χ3v) is 7.17. The van der Waals surface area contributed by atoms with E-state index in [1.807, 2.05) is 0 Å². The molecule has 0 saturated heterocycles. The number of anilines is 2. The largest absolute Gasteiger partial charge is 0.325 e. The molecule has 0 atom stereocenters. The van der Waals surface area contributed by atoms with Crippen LogP contribution in [0, 0.1) is 11.6 Å². The SMILES string of the molecule is O=C(CN1C(=O)CN=C(c2ccc(F)cc2)c2c1sc1c2CCCC1)Nc1ccc(F)cc1. The summed E-state index contributed by atoms with van der Waals surface area (Å²) in [5, 5.41) is 3.44. The van der Waals surface area contributed by atoms with Crippen molar-refractivity contribution in [2.24, 2.45) is 4.99 Å². The van der Waals surface area contributed by atoms with Gasteiger partial charge in [-0.1, -0.05) is 0 Å². The summed E-state index contributed by atoms with van der Waals surface area (Å²) in [6, 6.07) is 11.6. The number of fused-ring (bicyclic) bond motifs is 3. The first-order chi connectivity index (χ1) is 16.0. The van der Waals surface area contributed by atoms with E-state index in [0.29, 0.717) is 16.4 Å². The molecule has 8 heteroatoms. The van der Waals surface area contributed by atoms with Gasteiger partial charge in [0.1, 0.15) is 29.7 Å². The van der Waals surface area contributed by atoms with Gasteiger partial charge >= 0.3 is 0 Å². The van der Waals surface area contributed by atoms with Crippen LogP contribution < -0.4 is 10.2 Å². The van der Waals surface area contributed by atoms with E-state index in [2.05, 4.69) is 10.3 Å². The van der Waals surface area contributed by atoms with Crippen molar-refractivity contribution < 1.29 is 18.4 Å². The Hall–Kier alpha value is -3.39. The van der Waals surface area contributed by atoms with E-state index in [-0.39, 0.29) is 30.7 Å². The van der Waals surface area contributed by atoms with E-state index in [1.54, 1.807) is 12.1 Å². The maximum absolute atomic E-state index is 13.5. The third kappa shape index (κ3) is 4.30. The van der Waals surface area contributed by atoms with E-state index < -0.39 is 5.82 Å². The minimum atomic E-state index is -0.394. The quantitative estimate of drug-likeness (QED) is 0.606. The standard InChI is InChI=1S/C25H21F2N3O2S/c26-16-7-5-15(6-8-16)24-23-19-3-1-2-4-20(19)33-25(23)30(22(32)13-28-24)14-21(31)29-18-11-9-17(27)10-12-18/h5-12H,1-4,13-14H2,(H,29,31). The Balaban J connectivity index is 1.52. The molecule has 0 spiro atoms. The highest BCUT2D eigenvalue weighted by molar-refractivity contribution is 7.17. The highest BCUT2D eigenvalue weighted by Crippen LogP contribution is 2.42. The normalized spacial score (nSPS) is 15.4. The van der Waals surface area contributed by atoms with Crippen molar-refractivity contribution in [2.75, 3.05) is 23.3 Å². The van der Waals surface area contributed by atoms with Gasteiger partial charge in [-0.2, -0.15) is 0 Å². The molecule has 0 fully saturated rings. The summed E-state index contributed by atoms with van der Waals surface area (Å²) in [5.41, 5.74) is 3.91. The van der Waals surface area contributed by atoms with Crippen molar-refractivity contribution in [3.8, 4) is 0 Å². The summed E-state index contributed by atoms with van der Waals surface area (Å²) in [5.74, 6) is -1.38. The number of rotatable bonds is 4. The zero-order chi connectivity index (χ0) is 22.9. The Bertz CT molecular complexity index is 1250. The lowest BCUT2D eigenvalue weighted by Crippen LogP contribution is -2.38. The number of benzene rings is 2. The van der Waals surface area contributed by atoms with Gasteiger partial charge < -0.3 is 5.32 Å². The lowest BCUT2D eigenvalue weighted by Gasteiger charge is -2.20. The zero-order valence-electron chi connectivity index (χ0n) is 17.7. The zero-order valence-corrected chi connectivity index (χ0v) is 18.6. The molecule has 2 heterocycles. The summed E-state index contributed by atoms with van der Waals surface area (Å²) in [6.07, 6.45) is 3.93. The van der Waals surface area contributed by atoms with Crippen LogP contribution in [0.15, 0.2) is 53.5 Å². The second-order valence-corrected chi connectivity index (χ2v) is 9.18. The average Bonchev–Trinajstić information content (AvgIpc) is 3.13. The fourth-order valence-electron chi connectivity index (χ4n) is 4.29. The topological polar surface area (TPSA) is 61.8 Å². The molecule has 1 aliphatic carbocycles. The molecule has 0 bridgehead atoms. The summed E-state index contributed by atoms with van der Waals surface area (Å²) >= 11 is 1.54. The van der Waals surface area contributed by atoms with Crippen LogP contribution in [-0.4, -0.2) is 30.6 Å². The lowest BCUT2D eigenvalue weighted by atomic mass is 9.91. The molecular weight excluding hydrogens is 444 g/mol. The van der Waals surface area contributed by atoms with Crippen LogP contribution in [0.25, 0.3) is 0 Å². The number of hydrogen-bond acceptors (Lipinski definition) is 4. The Labute approximate surface area is 193 Å². The Morgan fingerprint density at radius 2 is 1.67 bits per heavy atom. The average molecular weight is 466 g/mol. The second-order valence-electron chi connectivity index (χ2n) is 8.10. The summed E-state index contributed by atoms with van der Waals surface area (Å²) < 4.78 is 26.7. The van der Waals surface area contributed by atoms with Crippen molar-refractivity contribution in [2.45, 2.75) is 25.7 Å². The first kappa shape index (κ1) is 21.5. The number of aryl methyl sites for hydroxylation is 1. The molecular formula is C25H21F2N3O2S. The smallest absolute Gasteiger partial charge is 0.249 e. The van der Waals surface area contributed by atoms with E-state index in [4.69, 9.17) is 0 Å². The first-order valence-electron chi connectivity index (χ1n) is 10.8. The fourth-order valence-corrected chi connectivity index (χ4v) is 5.70. The van der Waals surface area contributed by atoms with E-state index in [9.17, 15) is 18.4 Å². The molecule has 33 heavy (non-hydrogen) atoms. The van der Waals surface area contributed by atoms with Crippen LogP contribution in [-0.2, 0) is 22.4 Å². The molecule has 168 valence electrons. The molecule has 2 aromatic carbocycles. The van der Waals surface area contributed by atoms with Gasteiger partial charge in [0.05, 0.1) is 5.71 Å². The van der Waals surface area contributed by atoms with Gasteiger partial charge in [0.25, 0.3) is 0 Å². The number of carbonyl (C=O) groups is 2. The van der Waals surface area contributed by atoms with Crippen molar-refractivity contribution in [1.29, 1.82) is 0 Å². The monoisotopic (exact) mass is 465 g/mol. The molecule has 2 aliphatic rings. The minimum Gasteiger partial charge on any atom is -0.325 e. The molecule has 1 N–H and O–H groups in total. The van der Waals surface area contributed by atoms with E-state index in [0.717, 1.165) is 36.8 Å². The molecule has 5 nitrogen and oxygen atoms in total. The molecule has 1 aromatic heterocycles. The number of amides is 2. The van der Waals surface area contributed by atoms with Crippen LogP contribution in [0.5, 0.6) is 0 Å². The molecule has 2 amide bonds. The number of thiophene rings is 1. The molecule has 3 aromatic rings. The Morgan fingerprint density at radius 1 is 1.00 bits per heavy atom. The summed E-state index contributed by atoms with van der Waals surface area (Å²) in [7, 11) is 0. The third-order valence-electron chi connectivity index (χ3n) is 5.86. The van der Waals surface area contributed by atoms with Crippen LogP contribution in [0.4, 0.5) is 19.5 Å². The number of hydrogen-bond donors (Lipinski definition) is 1. The van der Waals surface area contributed by atoms with Gasteiger partial charge in [0.15, 0.2) is 0 Å². The number of nitrogens with one attached hydrogen (secondary N) is 1. The predicted octanol–water partition coefficient (Wildman–Crippen LogP) is 4.73. The molecule has 5 rings (SSSR count). The van der Waals surface area contributed by atoms with Crippen molar-refractivity contribution >= 4 is 39.6 Å². The van der Waals surface area contributed by atoms with Crippen LogP contribution in [0.1, 0.15) is 34.4 Å². The number of aliphatic imine (C=N–C) groups is 1. The van der Waals surface area contributed by atoms with E-state index >= 15 is 0 Å². The lowest BCUT2D eigenvalue weighted by molar-refractivity contribution is -0.120. The van der Waals surface area contributed by atoms with Crippen molar-refractivity contribution in [3.63, 3.8) is 0 Å². The van der Waals surface area contributed by atoms with Crippen molar-refractivity contribution in [1.82, 2.24) is 0 Å². The van der Waals surface area contributed by atoms with Crippen molar-refractivity contribution in [3.05, 3.63) is 81.7 Å². The van der Waals surface area contributed by atoms with Crippen LogP contribution in [0.2, 0.25) is 0 Å². The highest BCUT2D eigenvalue weighted by Gasteiger charge is 2.33. The number of halogens is 2. The molecule has 0 saturated carbocycles. The molecule has 0 unspecified atom stereocenters. The van der Waals surface area contributed by atoms with Gasteiger partial charge in [0.2, 0.25) is 11.8 Å². The predicted molar refractivity (Wildman–Crippen MR) is 125 cm³/mol. The van der Waals surface area contributed by atoms with Gasteiger partial charge in [0, 0.05) is 21.7 Å². The summed E-state index contributed by atoms with van der Waals surface area (Å²) in [4.78, 5) is 33.2. The fraction of sp³-hybridized carbons (Fsp3) is 0.240. The van der Waals surface area contributed by atoms with Crippen LogP contribution in [0.3, 0.4) is 0 Å². The van der Waals surface area contributed by atoms with E-state index in [1.165, 1.54) is 63.1 Å². The van der Waals surface area contributed by atoms with Gasteiger partial charge in [-0.25, -0.2) is 8.78 Å². The number of nitrogens with zero attached hydrogens (tertiary/aromatic N) is 2. The molecule has 0 radical (unpaired) electrons. The maximum Gasteiger partial charge on any atom is 0.249 e. The maximum atomic E-state index is 13.5. The molecule has 1 aliphatic heterocycles. The first-order valence-corrected chi connectivity index (χ1v) is 11.6. The van der Waals surface area contributed by atoms with Gasteiger partial charge in [-0.3, -0.25) is 19.5 Å². The van der Waals surface area contributed by atoms with Crippen LogP contribution >= 0.6 is 11.3 Å². The van der Waals surface area contributed by atoms with Gasteiger partial charge in [-0.05, 0) is 79.8 Å². The Morgan fingerprint density at radius 3 is 2.39 bits per heavy atom. The second kappa shape index (κ2) is 8.86.